The van der Waals surface area contributed by atoms with E-state index >= 15 is 0 Å². The van der Waals surface area contributed by atoms with E-state index in [-0.39, 0.29) is 11.8 Å². The van der Waals surface area contributed by atoms with E-state index < -0.39 is 0 Å². The molecule has 0 spiro atoms. The highest BCUT2D eigenvalue weighted by Crippen LogP contribution is 2.32. The number of benzene rings is 1. The van der Waals surface area contributed by atoms with Crippen LogP contribution in [0.15, 0.2) is 18.2 Å². The minimum absolute atomic E-state index is 0.269. The number of ether oxygens (including phenoxy) is 2. The maximum Gasteiger partial charge on any atom is 0.161 e. The lowest BCUT2D eigenvalue weighted by atomic mass is 10.0. The molecule has 0 radical (unpaired) electrons. The SMILES string of the molecule is COc1ccc(C(C#N)N2CCC(=O)CC2)cc1OC. The van der Waals surface area contributed by atoms with Gasteiger partial charge < -0.3 is 9.47 Å². The topological polar surface area (TPSA) is 62.6 Å². The third-order valence-corrected chi connectivity index (χ3v) is 3.57. The number of nitrogens with zero attached hydrogens (tertiary/aromatic N) is 2. The average molecular weight is 274 g/mol. The molecule has 0 N–H and O–H groups in total. The Kier molecular flexibility index (Phi) is 4.59. The lowest BCUT2D eigenvalue weighted by Crippen LogP contribution is -2.36. The maximum atomic E-state index is 11.3. The van der Waals surface area contributed by atoms with Gasteiger partial charge in [-0.1, -0.05) is 6.07 Å². The first-order valence-electron chi connectivity index (χ1n) is 6.57. The molecule has 106 valence electrons. The van der Waals surface area contributed by atoms with Crippen LogP contribution in [0.3, 0.4) is 0 Å². The van der Waals surface area contributed by atoms with Crippen LogP contribution in [-0.2, 0) is 4.79 Å². The molecule has 1 aromatic carbocycles. The molecule has 1 saturated heterocycles. The minimum atomic E-state index is -0.358. The van der Waals surface area contributed by atoms with Gasteiger partial charge in [0.2, 0.25) is 0 Å². The Morgan fingerprint density at radius 2 is 1.85 bits per heavy atom. The summed E-state index contributed by atoms with van der Waals surface area (Å²) >= 11 is 0. The normalized spacial score (nSPS) is 17.4. The molecular formula is C15H18N2O3. The van der Waals surface area contributed by atoms with Crippen molar-refractivity contribution in [2.75, 3.05) is 27.3 Å². The van der Waals surface area contributed by atoms with Gasteiger partial charge in [-0.05, 0) is 17.7 Å². The first kappa shape index (κ1) is 14.4. The molecule has 5 heteroatoms. The fourth-order valence-corrected chi connectivity index (χ4v) is 2.42. The van der Waals surface area contributed by atoms with Crippen molar-refractivity contribution in [3.63, 3.8) is 0 Å². The lowest BCUT2D eigenvalue weighted by Gasteiger charge is -2.30. The monoisotopic (exact) mass is 274 g/mol. The zero-order chi connectivity index (χ0) is 14.5. The van der Waals surface area contributed by atoms with Crippen LogP contribution in [-0.4, -0.2) is 38.0 Å². The molecule has 2 rings (SSSR count). The standard InChI is InChI=1S/C15H18N2O3/c1-19-14-4-3-11(9-15(14)20-2)13(10-16)17-7-5-12(18)6-8-17/h3-4,9,13H,5-8H2,1-2H3. The molecule has 5 nitrogen and oxygen atoms in total. The summed E-state index contributed by atoms with van der Waals surface area (Å²) in [6, 6.07) is 7.44. The maximum absolute atomic E-state index is 11.3. The van der Waals surface area contributed by atoms with Gasteiger partial charge in [-0.2, -0.15) is 5.26 Å². The molecule has 1 unspecified atom stereocenters. The van der Waals surface area contributed by atoms with Crippen molar-refractivity contribution in [3.05, 3.63) is 23.8 Å². The Morgan fingerprint density at radius 1 is 1.20 bits per heavy atom. The highest BCUT2D eigenvalue weighted by atomic mass is 16.5. The summed E-state index contributed by atoms with van der Waals surface area (Å²) < 4.78 is 10.5. The van der Waals surface area contributed by atoms with Crippen molar-refractivity contribution >= 4 is 5.78 Å². The molecule has 1 atom stereocenters. The number of nitriles is 1. The van der Waals surface area contributed by atoms with E-state index in [1.54, 1.807) is 20.3 Å². The van der Waals surface area contributed by atoms with Crippen molar-refractivity contribution in [2.45, 2.75) is 18.9 Å². The second-order valence-electron chi connectivity index (χ2n) is 4.72. The van der Waals surface area contributed by atoms with Crippen molar-refractivity contribution in [1.29, 1.82) is 5.26 Å². The third kappa shape index (κ3) is 2.91. The number of methoxy groups -OCH3 is 2. The summed E-state index contributed by atoms with van der Waals surface area (Å²) in [7, 11) is 3.15. The van der Waals surface area contributed by atoms with Gasteiger partial charge in [-0.3, -0.25) is 9.69 Å². The predicted octanol–water partition coefficient (Wildman–Crippen LogP) is 1.93. The van der Waals surface area contributed by atoms with Gasteiger partial charge in [-0.15, -0.1) is 0 Å². The number of rotatable bonds is 4. The van der Waals surface area contributed by atoms with E-state index in [0.29, 0.717) is 37.4 Å². The smallest absolute Gasteiger partial charge is 0.161 e. The van der Waals surface area contributed by atoms with E-state index in [0.717, 1.165) is 5.56 Å². The van der Waals surface area contributed by atoms with Crippen LogP contribution in [0, 0.1) is 11.3 Å². The van der Waals surface area contributed by atoms with Crippen LogP contribution in [0.25, 0.3) is 0 Å². The van der Waals surface area contributed by atoms with Crippen LogP contribution in [0.2, 0.25) is 0 Å². The molecule has 0 aliphatic carbocycles. The van der Waals surface area contributed by atoms with Gasteiger partial charge in [0, 0.05) is 25.9 Å². The van der Waals surface area contributed by atoms with Crippen molar-refractivity contribution in [3.8, 4) is 17.6 Å². The third-order valence-electron chi connectivity index (χ3n) is 3.57. The van der Waals surface area contributed by atoms with Gasteiger partial charge in [0.25, 0.3) is 0 Å². The molecule has 0 bridgehead atoms. The zero-order valence-electron chi connectivity index (χ0n) is 11.8. The number of piperidine rings is 1. The molecule has 1 aliphatic heterocycles. The van der Waals surface area contributed by atoms with E-state index in [2.05, 4.69) is 6.07 Å². The Morgan fingerprint density at radius 3 is 2.40 bits per heavy atom. The zero-order valence-corrected chi connectivity index (χ0v) is 11.8. The molecule has 1 aromatic rings. The van der Waals surface area contributed by atoms with Crippen LogP contribution in [0.1, 0.15) is 24.4 Å². The second-order valence-corrected chi connectivity index (χ2v) is 4.72. The van der Waals surface area contributed by atoms with Crippen LogP contribution >= 0.6 is 0 Å². The van der Waals surface area contributed by atoms with Gasteiger partial charge in [0.1, 0.15) is 11.8 Å². The van der Waals surface area contributed by atoms with Crippen LogP contribution in [0.5, 0.6) is 11.5 Å². The molecule has 1 fully saturated rings. The lowest BCUT2D eigenvalue weighted by molar-refractivity contribution is -0.121. The molecular weight excluding hydrogens is 256 g/mol. The largest absolute Gasteiger partial charge is 0.493 e. The summed E-state index contributed by atoms with van der Waals surface area (Å²) in [5.41, 5.74) is 0.861. The molecule has 0 saturated carbocycles. The fraction of sp³-hybridized carbons (Fsp3) is 0.467. The van der Waals surface area contributed by atoms with Crippen molar-refractivity contribution in [2.24, 2.45) is 0 Å². The van der Waals surface area contributed by atoms with Crippen LogP contribution < -0.4 is 9.47 Å². The highest BCUT2D eigenvalue weighted by Gasteiger charge is 2.25. The van der Waals surface area contributed by atoms with Gasteiger partial charge in [-0.25, -0.2) is 0 Å². The number of hydrogen-bond donors (Lipinski definition) is 0. The number of carbonyl (C=O) groups excluding carboxylic acids is 1. The number of hydrogen-bond acceptors (Lipinski definition) is 5. The number of Topliss-reactive ketones (excluding diaryl/α,β-unsaturated/α-hetero) is 1. The summed E-state index contributed by atoms with van der Waals surface area (Å²) in [6.07, 6.45) is 1.04. The molecule has 0 aromatic heterocycles. The Labute approximate surface area is 118 Å². The van der Waals surface area contributed by atoms with E-state index in [9.17, 15) is 10.1 Å². The first-order valence-corrected chi connectivity index (χ1v) is 6.57. The van der Waals surface area contributed by atoms with Crippen LogP contribution in [0.4, 0.5) is 0 Å². The summed E-state index contributed by atoms with van der Waals surface area (Å²) in [5.74, 6) is 1.52. The molecule has 1 aliphatic rings. The second kappa shape index (κ2) is 6.40. The van der Waals surface area contributed by atoms with Crippen molar-refractivity contribution in [1.82, 2.24) is 4.90 Å². The van der Waals surface area contributed by atoms with Gasteiger partial charge in [0.05, 0.1) is 20.3 Å². The van der Waals surface area contributed by atoms with E-state index in [4.69, 9.17) is 9.47 Å². The Balaban J connectivity index is 2.23. The molecule has 0 amide bonds. The summed E-state index contributed by atoms with van der Waals surface area (Å²) in [5, 5.41) is 9.44. The quantitative estimate of drug-likeness (QED) is 0.839. The predicted molar refractivity (Wildman–Crippen MR) is 73.7 cm³/mol. The van der Waals surface area contributed by atoms with Gasteiger partial charge >= 0.3 is 0 Å². The Bertz CT molecular complexity index is 526. The number of likely N-dealkylation sites (tertiary alicyclic amines) is 1. The highest BCUT2D eigenvalue weighted by molar-refractivity contribution is 5.79. The number of carbonyl (C=O) groups is 1. The fourth-order valence-electron chi connectivity index (χ4n) is 2.42. The summed E-state index contributed by atoms with van der Waals surface area (Å²) in [4.78, 5) is 13.3. The van der Waals surface area contributed by atoms with Gasteiger partial charge in [0.15, 0.2) is 11.5 Å². The number of ketones is 1. The van der Waals surface area contributed by atoms with E-state index in [1.165, 1.54) is 0 Å². The molecule has 20 heavy (non-hydrogen) atoms. The first-order chi connectivity index (χ1) is 9.69. The van der Waals surface area contributed by atoms with Crippen molar-refractivity contribution < 1.29 is 14.3 Å². The Hall–Kier alpha value is -2.06. The summed E-state index contributed by atoms with van der Waals surface area (Å²) in [6.45, 7) is 1.26. The average Bonchev–Trinajstić information content (AvgIpc) is 2.49. The van der Waals surface area contributed by atoms with E-state index in [1.807, 2.05) is 17.0 Å². The molecule has 1 heterocycles. The minimum Gasteiger partial charge on any atom is -0.493 e.